The van der Waals surface area contributed by atoms with Crippen molar-refractivity contribution in [2.75, 3.05) is 7.11 Å². The fourth-order valence-corrected chi connectivity index (χ4v) is 7.43. The van der Waals surface area contributed by atoms with E-state index in [9.17, 15) is 9.59 Å². The Labute approximate surface area is 195 Å². The predicted octanol–water partition coefficient (Wildman–Crippen LogP) is 5.51. The number of methoxy groups -OCH3 is 1. The summed E-state index contributed by atoms with van der Waals surface area (Å²) in [6, 6.07) is 16.3. The molecule has 0 spiro atoms. The fourth-order valence-electron chi connectivity index (χ4n) is 7.43. The Morgan fingerprint density at radius 1 is 0.879 bits per heavy atom. The Hall–Kier alpha value is -2.88. The summed E-state index contributed by atoms with van der Waals surface area (Å²) in [6.07, 6.45) is 10.3. The Bertz CT molecular complexity index is 1080. The van der Waals surface area contributed by atoms with Crippen molar-refractivity contribution in [2.45, 2.75) is 56.9 Å². The third-order valence-electron chi connectivity index (χ3n) is 8.61. The van der Waals surface area contributed by atoms with Gasteiger partial charge in [0.05, 0.1) is 20.1 Å². The summed E-state index contributed by atoms with van der Waals surface area (Å²) in [4.78, 5) is 27.0. The Balaban J connectivity index is 1.19. The Morgan fingerprint density at radius 2 is 1.48 bits per heavy atom. The molecule has 0 saturated heterocycles. The van der Waals surface area contributed by atoms with Gasteiger partial charge >= 0.3 is 0 Å². The Morgan fingerprint density at radius 3 is 2.03 bits per heavy atom. The number of carbonyl (C=O) groups is 2. The van der Waals surface area contributed by atoms with E-state index >= 15 is 0 Å². The monoisotopic (exact) mass is 441 g/mol. The molecule has 0 atom stereocenters. The Kier molecular flexibility index (Phi) is 4.93. The third kappa shape index (κ3) is 3.70. The fraction of sp³-hybridized carbons (Fsp3) is 0.448. The molecule has 4 fully saturated rings. The van der Waals surface area contributed by atoms with Crippen molar-refractivity contribution in [2.24, 2.45) is 17.8 Å². The maximum atomic E-state index is 12.9. The van der Waals surface area contributed by atoms with Crippen LogP contribution in [0, 0.1) is 17.8 Å². The van der Waals surface area contributed by atoms with Crippen molar-refractivity contribution in [3.8, 4) is 5.75 Å². The van der Waals surface area contributed by atoms with Gasteiger partial charge in [-0.05, 0) is 96.1 Å². The number of hydrogen-bond donors (Lipinski definition) is 0. The van der Waals surface area contributed by atoms with E-state index < -0.39 is 0 Å². The molecule has 0 N–H and O–H groups in total. The van der Waals surface area contributed by atoms with Gasteiger partial charge in [-0.1, -0.05) is 36.4 Å². The quantitative estimate of drug-likeness (QED) is 0.575. The van der Waals surface area contributed by atoms with Crippen molar-refractivity contribution in [1.29, 1.82) is 0 Å². The average molecular weight is 442 g/mol. The maximum absolute atomic E-state index is 12.9. The highest BCUT2D eigenvalue weighted by Crippen LogP contribution is 2.60. The van der Waals surface area contributed by atoms with Crippen LogP contribution >= 0.6 is 0 Å². The maximum Gasteiger partial charge on any atom is 0.253 e. The van der Waals surface area contributed by atoms with Crippen LogP contribution < -0.4 is 4.74 Å². The largest absolute Gasteiger partial charge is 0.497 e. The second kappa shape index (κ2) is 7.86. The van der Waals surface area contributed by atoms with Crippen molar-refractivity contribution in [1.82, 2.24) is 4.90 Å². The standard InChI is InChI=1S/C29H31NO3/c1-33-26-8-2-19(3-9-26)18-30-27(31)13-24(14-28(30)32)23-4-6-25(7-5-23)29-15-20-10-21(16-29)12-22(11-20)17-29/h2-9,13,20-22H,10-12,14-18H2,1H3. The minimum absolute atomic E-state index is 0.140. The van der Waals surface area contributed by atoms with Crippen LogP contribution in [-0.2, 0) is 21.5 Å². The first-order chi connectivity index (χ1) is 16.0. The number of imide groups is 1. The van der Waals surface area contributed by atoms with Crippen LogP contribution in [0.1, 0.15) is 61.6 Å². The molecule has 2 aromatic carbocycles. The molecule has 5 aliphatic rings. The van der Waals surface area contributed by atoms with Gasteiger partial charge in [0, 0.05) is 6.08 Å². The number of rotatable bonds is 5. The van der Waals surface area contributed by atoms with Gasteiger partial charge in [0.15, 0.2) is 0 Å². The molecule has 0 radical (unpaired) electrons. The van der Waals surface area contributed by atoms with E-state index in [1.165, 1.54) is 49.0 Å². The van der Waals surface area contributed by atoms with E-state index in [2.05, 4.69) is 24.3 Å². The molecule has 4 saturated carbocycles. The molecule has 1 aliphatic heterocycles. The van der Waals surface area contributed by atoms with Gasteiger partial charge in [-0.15, -0.1) is 0 Å². The van der Waals surface area contributed by atoms with Gasteiger partial charge in [0.25, 0.3) is 5.91 Å². The SMILES string of the molecule is COc1ccc(CN2C(=O)C=C(c3ccc(C45CC6CC(CC(C6)C4)C5)cc3)CC2=O)cc1. The summed E-state index contributed by atoms with van der Waals surface area (Å²) >= 11 is 0. The first-order valence-electron chi connectivity index (χ1n) is 12.3. The zero-order valence-corrected chi connectivity index (χ0v) is 19.3. The molecule has 0 unspecified atom stereocenters. The number of carbonyl (C=O) groups excluding carboxylic acids is 2. The molecule has 2 aromatic rings. The normalized spacial score (nSPS) is 30.5. The lowest BCUT2D eigenvalue weighted by Crippen LogP contribution is -2.48. The van der Waals surface area contributed by atoms with Crippen LogP contribution in [0.5, 0.6) is 5.75 Å². The molecule has 4 heteroatoms. The van der Waals surface area contributed by atoms with Gasteiger partial charge in [-0.25, -0.2) is 0 Å². The van der Waals surface area contributed by atoms with Gasteiger partial charge in [-0.2, -0.15) is 0 Å². The number of benzene rings is 2. The van der Waals surface area contributed by atoms with E-state index in [0.29, 0.717) is 5.41 Å². The summed E-state index contributed by atoms with van der Waals surface area (Å²) in [5, 5.41) is 0. The van der Waals surface area contributed by atoms with Crippen molar-refractivity contribution < 1.29 is 14.3 Å². The second-order valence-corrected chi connectivity index (χ2v) is 10.8. The minimum atomic E-state index is -0.234. The van der Waals surface area contributed by atoms with E-state index in [0.717, 1.165) is 40.2 Å². The van der Waals surface area contributed by atoms with Crippen LogP contribution in [0.4, 0.5) is 0 Å². The summed E-state index contributed by atoms with van der Waals surface area (Å²) in [5.74, 6) is 3.15. The highest BCUT2D eigenvalue weighted by atomic mass is 16.5. The van der Waals surface area contributed by atoms with Gasteiger partial charge < -0.3 is 4.74 Å². The zero-order valence-electron chi connectivity index (χ0n) is 19.3. The predicted molar refractivity (Wildman–Crippen MR) is 127 cm³/mol. The summed E-state index contributed by atoms with van der Waals surface area (Å²) in [6.45, 7) is 0.288. The number of ether oxygens (including phenoxy) is 1. The van der Waals surface area contributed by atoms with Gasteiger partial charge in [0.2, 0.25) is 5.91 Å². The van der Waals surface area contributed by atoms with E-state index in [-0.39, 0.29) is 24.8 Å². The van der Waals surface area contributed by atoms with Crippen LogP contribution in [0.3, 0.4) is 0 Å². The number of hydrogen-bond acceptors (Lipinski definition) is 3. The highest BCUT2D eigenvalue weighted by Gasteiger charge is 2.51. The molecule has 1 heterocycles. The van der Waals surface area contributed by atoms with Crippen LogP contribution in [0.15, 0.2) is 54.6 Å². The van der Waals surface area contributed by atoms with Crippen LogP contribution in [0.2, 0.25) is 0 Å². The summed E-state index contributed by atoms with van der Waals surface area (Å²) in [5.41, 5.74) is 4.58. The molecule has 4 nitrogen and oxygen atoms in total. The smallest absolute Gasteiger partial charge is 0.253 e. The summed E-state index contributed by atoms with van der Waals surface area (Å²) in [7, 11) is 1.62. The van der Waals surface area contributed by atoms with E-state index in [1.54, 1.807) is 13.2 Å². The van der Waals surface area contributed by atoms with Crippen molar-refractivity contribution >= 4 is 17.4 Å². The molecule has 2 amide bonds. The lowest BCUT2D eigenvalue weighted by Gasteiger charge is -2.57. The molecule has 4 bridgehead atoms. The lowest BCUT2D eigenvalue weighted by atomic mass is 9.48. The summed E-state index contributed by atoms with van der Waals surface area (Å²) < 4.78 is 5.18. The molecule has 4 aliphatic carbocycles. The second-order valence-electron chi connectivity index (χ2n) is 10.8. The van der Waals surface area contributed by atoms with E-state index in [4.69, 9.17) is 4.74 Å². The van der Waals surface area contributed by atoms with E-state index in [1.807, 2.05) is 24.3 Å². The van der Waals surface area contributed by atoms with Crippen LogP contribution in [0.25, 0.3) is 5.57 Å². The first kappa shape index (κ1) is 20.7. The van der Waals surface area contributed by atoms with Crippen molar-refractivity contribution in [3.05, 3.63) is 71.3 Å². The third-order valence-corrected chi connectivity index (χ3v) is 8.61. The molecule has 7 rings (SSSR count). The molecule has 170 valence electrons. The van der Waals surface area contributed by atoms with Gasteiger partial charge in [0.1, 0.15) is 5.75 Å². The van der Waals surface area contributed by atoms with Gasteiger partial charge in [-0.3, -0.25) is 14.5 Å². The molecular formula is C29H31NO3. The molecular weight excluding hydrogens is 410 g/mol. The number of nitrogens with zero attached hydrogens (tertiary/aromatic N) is 1. The van der Waals surface area contributed by atoms with Crippen LogP contribution in [-0.4, -0.2) is 23.8 Å². The molecule has 0 aromatic heterocycles. The van der Waals surface area contributed by atoms with Crippen molar-refractivity contribution in [3.63, 3.8) is 0 Å². The lowest BCUT2D eigenvalue weighted by molar-refractivity contribution is -0.142. The topological polar surface area (TPSA) is 46.6 Å². The number of amides is 2. The first-order valence-corrected chi connectivity index (χ1v) is 12.3. The molecule has 33 heavy (non-hydrogen) atoms. The average Bonchev–Trinajstić information content (AvgIpc) is 2.81. The minimum Gasteiger partial charge on any atom is -0.497 e. The zero-order chi connectivity index (χ0) is 22.6. The highest BCUT2D eigenvalue weighted by molar-refractivity contribution is 6.11.